The summed E-state index contributed by atoms with van der Waals surface area (Å²) in [7, 11) is 1.59. The number of carbonyl (C=O) groups is 2. The van der Waals surface area contributed by atoms with Crippen molar-refractivity contribution in [3.63, 3.8) is 0 Å². The number of hydrogen-bond acceptors (Lipinski definition) is 6. The Kier molecular flexibility index (Phi) is 7.90. The predicted octanol–water partition coefficient (Wildman–Crippen LogP) is 3.57. The van der Waals surface area contributed by atoms with Crippen molar-refractivity contribution < 1.29 is 28.9 Å². The minimum Gasteiger partial charge on any atom is -0.497 e. The minimum absolute atomic E-state index is 0.0756. The van der Waals surface area contributed by atoms with Crippen LogP contribution >= 0.6 is 0 Å². The van der Waals surface area contributed by atoms with Crippen LogP contribution in [0.1, 0.15) is 37.7 Å². The Morgan fingerprint density at radius 1 is 0.971 bits per heavy atom. The molecule has 3 atom stereocenters. The number of likely N-dealkylation sites (tertiary alicyclic amines) is 2. The summed E-state index contributed by atoms with van der Waals surface area (Å²) in [6.07, 6.45) is 1.84. The zero-order chi connectivity index (χ0) is 23.9. The Morgan fingerprint density at radius 2 is 1.65 bits per heavy atom. The SMILES string of the molecule is COc1ccc(OC(O)C[C@@H]2CCCN2C(=O)[C@H]2CCCN2C(=O)OCc2ccccc2)cc1. The van der Waals surface area contributed by atoms with Crippen molar-refractivity contribution in [3.8, 4) is 11.5 Å². The van der Waals surface area contributed by atoms with Crippen LogP contribution in [-0.4, -0.2) is 65.5 Å². The number of aliphatic hydroxyl groups is 1. The summed E-state index contributed by atoms with van der Waals surface area (Å²) in [4.78, 5) is 29.5. The Balaban J connectivity index is 1.32. The molecule has 182 valence electrons. The highest BCUT2D eigenvalue weighted by atomic mass is 16.6. The van der Waals surface area contributed by atoms with E-state index in [2.05, 4.69) is 0 Å². The van der Waals surface area contributed by atoms with E-state index in [4.69, 9.17) is 14.2 Å². The van der Waals surface area contributed by atoms with Gasteiger partial charge in [0.15, 0.2) is 6.29 Å². The number of nitrogens with zero attached hydrogens (tertiary/aromatic N) is 2. The highest BCUT2D eigenvalue weighted by Gasteiger charge is 2.41. The van der Waals surface area contributed by atoms with Gasteiger partial charge in [0.1, 0.15) is 24.1 Å². The normalized spacial score (nSPS) is 20.8. The van der Waals surface area contributed by atoms with E-state index in [0.29, 0.717) is 37.4 Å². The van der Waals surface area contributed by atoms with Crippen LogP contribution in [0, 0.1) is 0 Å². The summed E-state index contributed by atoms with van der Waals surface area (Å²) in [5, 5.41) is 10.5. The topological polar surface area (TPSA) is 88.5 Å². The molecule has 8 nitrogen and oxygen atoms in total. The number of benzene rings is 2. The van der Waals surface area contributed by atoms with Crippen LogP contribution in [0.3, 0.4) is 0 Å². The van der Waals surface area contributed by atoms with Crippen LogP contribution < -0.4 is 9.47 Å². The van der Waals surface area contributed by atoms with E-state index in [1.807, 2.05) is 30.3 Å². The first-order chi connectivity index (χ1) is 16.5. The standard InChI is InChI=1S/C26H32N2O6/c1-32-21-11-13-22(14-12-21)34-24(29)17-20-9-5-15-27(20)25(30)23-10-6-16-28(23)26(31)33-18-19-7-3-2-4-8-19/h2-4,7-8,11-14,20,23-24,29H,5-6,9-10,15-18H2,1H3/t20-,23+,24?/m0/s1. The van der Waals surface area contributed by atoms with Crippen molar-refractivity contribution in [2.45, 2.75) is 57.1 Å². The summed E-state index contributed by atoms with van der Waals surface area (Å²) < 4.78 is 16.3. The first-order valence-corrected chi connectivity index (χ1v) is 11.8. The molecule has 0 radical (unpaired) electrons. The molecule has 2 aromatic rings. The lowest BCUT2D eigenvalue weighted by atomic mass is 10.1. The van der Waals surface area contributed by atoms with Crippen molar-refractivity contribution in [3.05, 3.63) is 60.2 Å². The number of hydrogen-bond donors (Lipinski definition) is 1. The van der Waals surface area contributed by atoms with Gasteiger partial charge in [-0.15, -0.1) is 0 Å². The van der Waals surface area contributed by atoms with E-state index in [0.717, 1.165) is 24.8 Å². The monoisotopic (exact) mass is 468 g/mol. The maximum Gasteiger partial charge on any atom is 0.410 e. The second-order valence-electron chi connectivity index (χ2n) is 8.70. The first kappa shape index (κ1) is 23.9. The van der Waals surface area contributed by atoms with Crippen LogP contribution in [0.15, 0.2) is 54.6 Å². The van der Waals surface area contributed by atoms with Crippen molar-refractivity contribution in [1.29, 1.82) is 0 Å². The summed E-state index contributed by atoms with van der Waals surface area (Å²) in [5.41, 5.74) is 0.906. The van der Waals surface area contributed by atoms with Gasteiger partial charge in [0, 0.05) is 25.6 Å². The molecule has 0 aromatic heterocycles. The Bertz CT molecular complexity index is 952. The molecule has 2 fully saturated rings. The molecule has 2 aliphatic heterocycles. The lowest BCUT2D eigenvalue weighted by Gasteiger charge is -2.32. The number of ether oxygens (including phenoxy) is 3. The molecule has 1 unspecified atom stereocenters. The van der Waals surface area contributed by atoms with Crippen LogP contribution in [0.2, 0.25) is 0 Å². The summed E-state index contributed by atoms with van der Waals surface area (Å²) in [6, 6.07) is 15.8. The highest BCUT2D eigenvalue weighted by Crippen LogP contribution is 2.28. The van der Waals surface area contributed by atoms with E-state index >= 15 is 0 Å². The lowest BCUT2D eigenvalue weighted by molar-refractivity contribution is -0.137. The summed E-state index contributed by atoms with van der Waals surface area (Å²) in [6.45, 7) is 1.30. The van der Waals surface area contributed by atoms with Crippen molar-refractivity contribution in [2.24, 2.45) is 0 Å². The van der Waals surface area contributed by atoms with Gasteiger partial charge in [-0.3, -0.25) is 9.69 Å². The molecule has 4 rings (SSSR count). The molecule has 2 amide bonds. The van der Waals surface area contributed by atoms with Gasteiger partial charge < -0.3 is 24.2 Å². The van der Waals surface area contributed by atoms with Gasteiger partial charge >= 0.3 is 6.09 Å². The quantitative estimate of drug-likeness (QED) is 0.596. The fraction of sp³-hybridized carbons (Fsp3) is 0.462. The molecule has 34 heavy (non-hydrogen) atoms. The molecule has 0 aliphatic carbocycles. The largest absolute Gasteiger partial charge is 0.497 e. The molecular formula is C26H32N2O6. The number of carbonyl (C=O) groups excluding carboxylic acids is 2. The maximum absolute atomic E-state index is 13.4. The van der Waals surface area contributed by atoms with E-state index < -0.39 is 18.4 Å². The van der Waals surface area contributed by atoms with Crippen molar-refractivity contribution >= 4 is 12.0 Å². The fourth-order valence-corrected chi connectivity index (χ4v) is 4.70. The number of rotatable bonds is 8. The van der Waals surface area contributed by atoms with Gasteiger partial charge in [-0.25, -0.2) is 4.79 Å². The minimum atomic E-state index is -1.04. The lowest BCUT2D eigenvalue weighted by Crippen LogP contribution is -2.50. The molecule has 2 aromatic carbocycles. The van der Waals surface area contributed by atoms with Gasteiger partial charge in [0.2, 0.25) is 5.91 Å². The smallest absolute Gasteiger partial charge is 0.410 e. The van der Waals surface area contributed by atoms with Crippen LogP contribution in [0.4, 0.5) is 4.79 Å². The molecule has 2 heterocycles. The fourth-order valence-electron chi connectivity index (χ4n) is 4.70. The highest BCUT2D eigenvalue weighted by molar-refractivity contribution is 5.86. The summed E-state index contributed by atoms with van der Waals surface area (Å²) in [5.74, 6) is 1.17. The van der Waals surface area contributed by atoms with E-state index in [1.165, 1.54) is 0 Å². The van der Waals surface area contributed by atoms with Gasteiger partial charge in [-0.1, -0.05) is 30.3 Å². The van der Waals surface area contributed by atoms with Crippen molar-refractivity contribution in [2.75, 3.05) is 20.2 Å². The Labute approximate surface area is 200 Å². The third-order valence-corrected chi connectivity index (χ3v) is 6.44. The zero-order valence-corrected chi connectivity index (χ0v) is 19.5. The van der Waals surface area contributed by atoms with Gasteiger partial charge in [-0.05, 0) is 55.5 Å². The Hall–Kier alpha value is -3.26. The molecule has 8 heteroatoms. The van der Waals surface area contributed by atoms with E-state index in [-0.39, 0.29) is 18.6 Å². The van der Waals surface area contributed by atoms with Gasteiger partial charge in [0.25, 0.3) is 0 Å². The van der Waals surface area contributed by atoms with Gasteiger partial charge in [0.05, 0.1) is 7.11 Å². The predicted molar refractivity (Wildman–Crippen MR) is 125 cm³/mol. The van der Waals surface area contributed by atoms with Crippen molar-refractivity contribution in [1.82, 2.24) is 9.80 Å². The number of aliphatic hydroxyl groups excluding tert-OH is 1. The maximum atomic E-state index is 13.4. The van der Waals surface area contributed by atoms with E-state index in [9.17, 15) is 14.7 Å². The number of amides is 2. The van der Waals surface area contributed by atoms with Crippen LogP contribution in [-0.2, 0) is 16.1 Å². The van der Waals surface area contributed by atoms with Gasteiger partial charge in [-0.2, -0.15) is 0 Å². The average Bonchev–Trinajstić information content (AvgIpc) is 3.53. The number of methoxy groups -OCH3 is 1. The molecule has 1 N–H and O–H groups in total. The molecule has 0 saturated carbocycles. The molecule has 0 bridgehead atoms. The second kappa shape index (κ2) is 11.2. The third kappa shape index (κ3) is 5.80. The second-order valence-corrected chi connectivity index (χ2v) is 8.70. The Morgan fingerprint density at radius 3 is 2.38 bits per heavy atom. The van der Waals surface area contributed by atoms with Crippen LogP contribution in [0.25, 0.3) is 0 Å². The molecule has 2 saturated heterocycles. The zero-order valence-electron chi connectivity index (χ0n) is 19.5. The average molecular weight is 469 g/mol. The first-order valence-electron chi connectivity index (χ1n) is 11.8. The third-order valence-electron chi connectivity index (χ3n) is 6.44. The molecular weight excluding hydrogens is 436 g/mol. The van der Waals surface area contributed by atoms with E-state index in [1.54, 1.807) is 41.2 Å². The van der Waals surface area contributed by atoms with Crippen LogP contribution in [0.5, 0.6) is 11.5 Å². The molecule has 0 spiro atoms. The summed E-state index contributed by atoms with van der Waals surface area (Å²) >= 11 is 0. The molecule has 2 aliphatic rings.